The fraction of sp³-hybridized carbons (Fsp3) is 0.615. The van der Waals surface area contributed by atoms with Crippen LogP contribution in [0.3, 0.4) is 0 Å². The Morgan fingerprint density at radius 3 is 3.07 bits per heavy atom. The van der Waals surface area contributed by atoms with Gasteiger partial charge in [-0.2, -0.15) is 0 Å². The molecule has 1 aliphatic rings. The van der Waals surface area contributed by atoms with Crippen molar-refractivity contribution in [1.29, 1.82) is 0 Å². The van der Waals surface area contributed by atoms with Crippen LogP contribution >= 0.6 is 0 Å². The van der Waals surface area contributed by atoms with Crippen LogP contribution in [0.1, 0.15) is 43.4 Å². The van der Waals surface area contributed by atoms with Gasteiger partial charge in [-0.25, -0.2) is 0 Å². The number of aromatic nitrogens is 1. The molecule has 0 aromatic carbocycles. The third-order valence-corrected chi connectivity index (χ3v) is 3.16. The summed E-state index contributed by atoms with van der Waals surface area (Å²) in [6.45, 7) is 6.85. The predicted molar refractivity (Wildman–Crippen MR) is 62.8 cm³/mol. The Morgan fingerprint density at radius 2 is 2.33 bits per heavy atom. The van der Waals surface area contributed by atoms with E-state index in [1.54, 1.807) is 0 Å². The number of likely N-dealkylation sites (tertiary alicyclic amines) is 1. The van der Waals surface area contributed by atoms with Gasteiger partial charge in [0.1, 0.15) is 0 Å². The van der Waals surface area contributed by atoms with E-state index in [1.807, 2.05) is 12.4 Å². The van der Waals surface area contributed by atoms with E-state index in [4.69, 9.17) is 0 Å². The zero-order valence-electron chi connectivity index (χ0n) is 9.74. The first kappa shape index (κ1) is 10.6. The van der Waals surface area contributed by atoms with Crippen molar-refractivity contribution in [3.05, 3.63) is 29.6 Å². The Morgan fingerprint density at radius 1 is 1.47 bits per heavy atom. The Labute approximate surface area is 92.3 Å². The fourth-order valence-corrected chi connectivity index (χ4v) is 2.52. The molecule has 2 nitrogen and oxygen atoms in total. The quantitative estimate of drug-likeness (QED) is 0.752. The molecule has 1 aliphatic heterocycles. The molecule has 1 fully saturated rings. The molecule has 0 spiro atoms. The number of hydrogen-bond donors (Lipinski definition) is 0. The van der Waals surface area contributed by atoms with Gasteiger partial charge in [-0.3, -0.25) is 9.88 Å². The van der Waals surface area contributed by atoms with E-state index < -0.39 is 0 Å². The van der Waals surface area contributed by atoms with Crippen molar-refractivity contribution in [2.24, 2.45) is 0 Å². The Balaban J connectivity index is 2.15. The molecule has 0 radical (unpaired) electrons. The van der Waals surface area contributed by atoms with Gasteiger partial charge in [0.05, 0.1) is 0 Å². The monoisotopic (exact) mass is 204 g/mol. The lowest BCUT2D eigenvalue weighted by Crippen LogP contribution is -2.24. The first-order valence-corrected chi connectivity index (χ1v) is 5.97. The van der Waals surface area contributed by atoms with Gasteiger partial charge in [-0.1, -0.05) is 13.0 Å². The van der Waals surface area contributed by atoms with Crippen LogP contribution in [0, 0.1) is 6.92 Å². The molecule has 2 rings (SSSR count). The van der Waals surface area contributed by atoms with Crippen molar-refractivity contribution in [3.8, 4) is 0 Å². The molecule has 1 aromatic rings. The van der Waals surface area contributed by atoms with Crippen LogP contribution in [-0.4, -0.2) is 23.0 Å². The highest BCUT2D eigenvalue weighted by Crippen LogP contribution is 2.31. The highest BCUT2D eigenvalue weighted by Gasteiger charge is 2.25. The Kier molecular flexibility index (Phi) is 3.37. The summed E-state index contributed by atoms with van der Waals surface area (Å²) < 4.78 is 0. The van der Waals surface area contributed by atoms with Crippen molar-refractivity contribution in [3.63, 3.8) is 0 Å². The third-order valence-electron chi connectivity index (χ3n) is 3.16. The molecule has 0 N–H and O–H groups in total. The van der Waals surface area contributed by atoms with E-state index >= 15 is 0 Å². The highest BCUT2D eigenvalue weighted by atomic mass is 15.2. The molecule has 0 unspecified atom stereocenters. The number of nitrogens with zero attached hydrogens (tertiary/aromatic N) is 2. The van der Waals surface area contributed by atoms with Crippen molar-refractivity contribution in [1.82, 2.24) is 9.88 Å². The van der Waals surface area contributed by atoms with Gasteiger partial charge >= 0.3 is 0 Å². The summed E-state index contributed by atoms with van der Waals surface area (Å²) in [5.74, 6) is 0. The van der Waals surface area contributed by atoms with Gasteiger partial charge < -0.3 is 0 Å². The average Bonchev–Trinajstić information content (AvgIpc) is 2.66. The Hall–Kier alpha value is -0.890. The van der Waals surface area contributed by atoms with Crippen LogP contribution < -0.4 is 0 Å². The second kappa shape index (κ2) is 4.75. The molecule has 1 atom stereocenters. The standard InChI is InChI=1S/C13H20N2/c1-3-6-15-7-4-5-13(15)12-8-11(2)9-14-10-12/h8-10,13H,3-7H2,1-2H3/t13-/m1/s1. The van der Waals surface area contributed by atoms with Gasteiger partial charge in [-0.15, -0.1) is 0 Å². The van der Waals surface area contributed by atoms with Crippen LogP contribution in [0.4, 0.5) is 0 Å². The maximum atomic E-state index is 4.30. The van der Waals surface area contributed by atoms with E-state index in [0.29, 0.717) is 6.04 Å². The molecule has 82 valence electrons. The van der Waals surface area contributed by atoms with Crippen molar-refractivity contribution in [2.45, 2.75) is 39.2 Å². The van der Waals surface area contributed by atoms with Crippen LogP contribution in [0.2, 0.25) is 0 Å². The SMILES string of the molecule is CCCN1CCC[C@@H]1c1cncc(C)c1. The molecule has 2 heteroatoms. The third kappa shape index (κ3) is 2.37. The van der Waals surface area contributed by atoms with Crippen molar-refractivity contribution in [2.75, 3.05) is 13.1 Å². The smallest absolute Gasteiger partial charge is 0.0363 e. The fourth-order valence-electron chi connectivity index (χ4n) is 2.52. The topological polar surface area (TPSA) is 16.1 Å². The van der Waals surface area contributed by atoms with Gasteiger partial charge in [0.2, 0.25) is 0 Å². The first-order valence-electron chi connectivity index (χ1n) is 5.97. The summed E-state index contributed by atoms with van der Waals surface area (Å²) in [7, 11) is 0. The number of aryl methyl sites for hydroxylation is 1. The minimum absolute atomic E-state index is 0.623. The summed E-state index contributed by atoms with van der Waals surface area (Å²) in [5, 5.41) is 0. The van der Waals surface area contributed by atoms with Gasteiger partial charge in [0.15, 0.2) is 0 Å². The van der Waals surface area contributed by atoms with Crippen molar-refractivity contribution < 1.29 is 0 Å². The minimum atomic E-state index is 0.623. The van der Waals surface area contributed by atoms with Crippen LogP contribution in [0.5, 0.6) is 0 Å². The molecule has 0 amide bonds. The summed E-state index contributed by atoms with van der Waals surface area (Å²) in [5.41, 5.74) is 2.68. The molecule has 0 aliphatic carbocycles. The summed E-state index contributed by atoms with van der Waals surface area (Å²) in [6.07, 6.45) is 7.84. The van der Waals surface area contributed by atoms with Crippen LogP contribution in [-0.2, 0) is 0 Å². The van der Waals surface area contributed by atoms with Crippen LogP contribution in [0.15, 0.2) is 18.5 Å². The van der Waals surface area contributed by atoms with E-state index in [1.165, 1.54) is 43.5 Å². The molecule has 2 heterocycles. The van der Waals surface area contributed by atoms with Gasteiger partial charge in [0, 0.05) is 18.4 Å². The number of hydrogen-bond acceptors (Lipinski definition) is 2. The van der Waals surface area contributed by atoms with E-state index in [2.05, 4.69) is 29.8 Å². The van der Waals surface area contributed by atoms with E-state index in [9.17, 15) is 0 Å². The molecule has 1 aromatic heterocycles. The summed E-state index contributed by atoms with van der Waals surface area (Å²) >= 11 is 0. The molecular weight excluding hydrogens is 184 g/mol. The number of rotatable bonds is 3. The lowest BCUT2D eigenvalue weighted by molar-refractivity contribution is 0.257. The van der Waals surface area contributed by atoms with E-state index in [-0.39, 0.29) is 0 Å². The molecule has 1 saturated heterocycles. The predicted octanol–water partition coefficient (Wildman–Crippen LogP) is 2.94. The zero-order valence-corrected chi connectivity index (χ0v) is 9.74. The average molecular weight is 204 g/mol. The largest absolute Gasteiger partial charge is 0.296 e. The molecule has 0 bridgehead atoms. The molecule has 15 heavy (non-hydrogen) atoms. The lowest BCUT2D eigenvalue weighted by Gasteiger charge is -2.24. The minimum Gasteiger partial charge on any atom is -0.296 e. The second-order valence-corrected chi connectivity index (χ2v) is 4.49. The molecular formula is C13H20N2. The highest BCUT2D eigenvalue weighted by molar-refractivity contribution is 5.21. The van der Waals surface area contributed by atoms with Gasteiger partial charge in [-0.05, 0) is 50.4 Å². The second-order valence-electron chi connectivity index (χ2n) is 4.49. The van der Waals surface area contributed by atoms with Crippen LogP contribution in [0.25, 0.3) is 0 Å². The maximum absolute atomic E-state index is 4.30. The zero-order chi connectivity index (χ0) is 10.7. The van der Waals surface area contributed by atoms with Crippen molar-refractivity contribution >= 4 is 0 Å². The first-order chi connectivity index (χ1) is 7.31. The lowest BCUT2D eigenvalue weighted by atomic mass is 10.1. The normalized spacial score (nSPS) is 22.1. The van der Waals surface area contributed by atoms with E-state index in [0.717, 1.165) is 0 Å². The summed E-state index contributed by atoms with van der Waals surface area (Å²) in [6, 6.07) is 2.91. The summed E-state index contributed by atoms with van der Waals surface area (Å²) in [4.78, 5) is 6.89. The maximum Gasteiger partial charge on any atom is 0.0363 e. The molecule has 0 saturated carbocycles. The van der Waals surface area contributed by atoms with Gasteiger partial charge in [0.25, 0.3) is 0 Å². The Bertz CT molecular complexity index is 322. The number of pyridine rings is 1.